The van der Waals surface area contributed by atoms with Crippen LogP contribution in [0.15, 0.2) is 18.2 Å². The lowest BCUT2D eigenvalue weighted by molar-refractivity contribution is 0.00386. The molecule has 15 heavy (non-hydrogen) atoms. The first-order valence-electron chi connectivity index (χ1n) is 5.10. The van der Waals surface area contributed by atoms with E-state index in [2.05, 4.69) is 0 Å². The van der Waals surface area contributed by atoms with Crippen molar-refractivity contribution in [1.29, 1.82) is 0 Å². The molecule has 0 spiro atoms. The van der Waals surface area contributed by atoms with Gasteiger partial charge in [0.05, 0.1) is 6.10 Å². The number of aliphatic hydroxyl groups excluding tert-OH is 3. The van der Waals surface area contributed by atoms with E-state index >= 15 is 0 Å². The van der Waals surface area contributed by atoms with Crippen molar-refractivity contribution in [2.75, 3.05) is 6.61 Å². The summed E-state index contributed by atoms with van der Waals surface area (Å²) >= 11 is 0. The van der Waals surface area contributed by atoms with Gasteiger partial charge in [-0.2, -0.15) is 0 Å². The van der Waals surface area contributed by atoms with Crippen LogP contribution in [0.4, 0.5) is 0 Å². The number of aliphatic hydroxyl groups is 3. The fourth-order valence-electron chi connectivity index (χ4n) is 1.58. The van der Waals surface area contributed by atoms with Gasteiger partial charge in [-0.25, -0.2) is 0 Å². The molecule has 0 bridgehead atoms. The van der Waals surface area contributed by atoms with Gasteiger partial charge in [0.15, 0.2) is 0 Å². The Morgan fingerprint density at radius 1 is 1.20 bits per heavy atom. The summed E-state index contributed by atoms with van der Waals surface area (Å²) in [5.41, 5.74) is 2.73. The highest BCUT2D eigenvalue weighted by molar-refractivity contribution is 5.32. The molecule has 0 aliphatic rings. The van der Waals surface area contributed by atoms with Crippen molar-refractivity contribution >= 4 is 0 Å². The third-order valence-corrected chi connectivity index (χ3v) is 2.54. The second-order valence-electron chi connectivity index (χ2n) is 3.88. The summed E-state index contributed by atoms with van der Waals surface area (Å²) in [6.45, 7) is 3.71. The molecule has 0 radical (unpaired) electrons. The maximum atomic E-state index is 9.86. The van der Waals surface area contributed by atoms with Gasteiger partial charge in [0, 0.05) is 6.61 Å². The van der Waals surface area contributed by atoms with Gasteiger partial charge < -0.3 is 15.3 Å². The quantitative estimate of drug-likeness (QED) is 0.697. The van der Waals surface area contributed by atoms with Crippen molar-refractivity contribution in [2.45, 2.75) is 32.5 Å². The summed E-state index contributed by atoms with van der Waals surface area (Å²) in [5.74, 6) is 0. The van der Waals surface area contributed by atoms with E-state index in [-0.39, 0.29) is 13.0 Å². The van der Waals surface area contributed by atoms with Gasteiger partial charge in [-0.1, -0.05) is 23.8 Å². The molecule has 0 saturated heterocycles. The second-order valence-corrected chi connectivity index (χ2v) is 3.88. The van der Waals surface area contributed by atoms with Crippen LogP contribution in [0.3, 0.4) is 0 Å². The Morgan fingerprint density at radius 2 is 1.87 bits per heavy atom. The Labute approximate surface area is 90.0 Å². The minimum absolute atomic E-state index is 0.122. The van der Waals surface area contributed by atoms with Gasteiger partial charge >= 0.3 is 0 Å². The minimum Gasteiger partial charge on any atom is -0.396 e. The first-order chi connectivity index (χ1) is 7.06. The van der Waals surface area contributed by atoms with Gasteiger partial charge in [0.2, 0.25) is 0 Å². The van der Waals surface area contributed by atoms with E-state index in [0.29, 0.717) is 0 Å². The highest BCUT2D eigenvalue weighted by Gasteiger charge is 2.19. The molecule has 0 aromatic heterocycles. The Balaban J connectivity index is 2.89. The summed E-state index contributed by atoms with van der Waals surface area (Å²) in [7, 11) is 0. The Morgan fingerprint density at radius 3 is 2.47 bits per heavy atom. The molecule has 0 fully saturated rings. The van der Waals surface area contributed by atoms with Crippen LogP contribution in [0.1, 0.15) is 29.2 Å². The third kappa shape index (κ3) is 3.02. The zero-order valence-electron chi connectivity index (χ0n) is 9.14. The van der Waals surface area contributed by atoms with Crippen LogP contribution in [0, 0.1) is 13.8 Å². The van der Waals surface area contributed by atoms with Gasteiger partial charge in [-0.3, -0.25) is 0 Å². The molecule has 3 N–H and O–H groups in total. The zero-order chi connectivity index (χ0) is 11.4. The molecule has 3 heteroatoms. The fourth-order valence-corrected chi connectivity index (χ4v) is 1.58. The number of rotatable bonds is 4. The summed E-state index contributed by atoms with van der Waals surface area (Å²) in [4.78, 5) is 0. The first-order valence-corrected chi connectivity index (χ1v) is 5.10. The van der Waals surface area contributed by atoms with Crippen LogP contribution in [-0.4, -0.2) is 28.0 Å². The van der Waals surface area contributed by atoms with Crippen LogP contribution in [0.5, 0.6) is 0 Å². The van der Waals surface area contributed by atoms with Gasteiger partial charge in [-0.05, 0) is 31.4 Å². The van der Waals surface area contributed by atoms with Crippen LogP contribution in [-0.2, 0) is 0 Å². The maximum Gasteiger partial charge on any atom is 0.105 e. The van der Waals surface area contributed by atoms with Gasteiger partial charge in [-0.15, -0.1) is 0 Å². The summed E-state index contributed by atoms with van der Waals surface area (Å²) < 4.78 is 0. The van der Waals surface area contributed by atoms with Crippen molar-refractivity contribution in [3.8, 4) is 0 Å². The summed E-state index contributed by atoms with van der Waals surface area (Å²) in [6.07, 6.45) is -1.64. The molecule has 0 aliphatic heterocycles. The van der Waals surface area contributed by atoms with Gasteiger partial charge in [0.25, 0.3) is 0 Å². The molecule has 0 aliphatic carbocycles. The van der Waals surface area contributed by atoms with E-state index < -0.39 is 12.2 Å². The number of hydrogen-bond donors (Lipinski definition) is 3. The topological polar surface area (TPSA) is 60.7 Å². The second kappa shape index (κ2) is 5.26. The molecule has 1 rings (SSSR count). The molecular formula is C12H18O3. The highest BCUT2D eigenvalue weighted by atomic mass is 16.3. The molecule has 1 aromatic rings. The molecule has 3 nitrogen and oxygen atoms in total. The number of benzene rings is 1. The molecular weight excluding hydrogens is 192 g/mol. The Kier molecular flexibility index (Phi) is 4.27. The van der Waals surface area contributed by atoms with E-state index in [1.807, 2.05) is 32.0 Å². The molecule has 2 unspecified atom stereocenters. The number of aryl methyl sites for hydroxylation is 2. The average molecular weight is 210 g/mol. The van der Waals surface area contributed by atoms with Crippen LogP contribution in [0.25, 0.3) is 0 Å². The smallest absolute Gasteiger partial charge is 0.105 e. The van der Waals surface area contributed by atoms with Crippen LogP contribution >= 0.6 is 0 Å². The van der Waals surface area contributed by atoms with E-state index in [0.717, 1.165) is 16.7 Å². The number of hydrogen-bond acceptors (Lipinski definition) is 3. The fraction of sp³-hybridized carbons (Fsp3) is 0.500. The van der Waals surface area contributed by atoms with E-state index in [1.54, 1.807) is 0 Å². The summed E-state index contributed by atoms with van der Waals surface area (Å²) in [5, 5.41) is 28.1. The molecule has 0 saturated carbocycles. The van der Waals surface area contributed by atoms with Crippen molar-refractivity contribution in [1.82, 2.24) is 0 Å². The maximum absolute atomic E-state index is 9.86. The lowest BCUT2D eigenvalue weighted by Crippen LogP contribution is -2.20. The van der Waals surface area contributed by atoms with Crippen molar-refractivity contribution in [3.05, 3.63) is 34.9 Å². The highest BCUT2D eigenvalue weighted by Crippen LogP contribution is 2.23. The predicted octanol–water partition coefficient (Wildman–Crippen LogP) is 1.08. The molecule has 84 valence electrons. The SMILES string of the molecule is Cc1ccc(C)c(C(O)C(O)CCO)c1. The average Bonchev–Trinajstić information content (AvgIpc) is 2.21. The lowest BCUT2D eigenvalue weighted by Gasteiger charge is -2.19. The van der Waals surface area contributed by atoms with Crippen molar-refractivity contribution < 1.29 is 15.3 Å². The van der Waals surface area contributed by atoms with Gasteiger partial charge in [0.1, 0.15) is 6.10 Å². The van der Waals surface area contributed by atoms with Crippen LogP contribution in [0.2, 0.25) is 0 Å². The van der Waals surface area contributed by atoms with Crippen molar-refractivity contribution in [3.63, 3.8) is 0 Å². The third-order valence-electron chi connectivity index (χ3n) is 2.54. The summed E-state index contributed by atoms with van der Waals surface area (Å²) in [6, 6.07) is 5.74. The first kappa shape index (κ1) is 12.2. The lowest BCUT2D eigenvalue weighted by atomic mass is 9.96. The van der Waals surface area contributed by atoms with E-state index in [9.17, 15) is 10.2 Å². The van der Waals surface area contributed by atoms with E-state index in [1.165, 1.54) is 0 Å². The Bertz CT molecular complexity index is 323. The normalized spacial score (nSPS) is 15.0. The molecule has 0 heterocycles. The molecule has 0 amide bonds. The predicted molar refractivity (Wildman–Crippen MR) is 58.6 cm³/mol. The molecule has 1 aromatic carbocycles. The monoisotopic (exact) mass is 210 g/mol. The largest absolute Gasteiger partial charge is 0.396 e. The van der Waals surface area contributed by atoms with E-state index in [4.69, 9.17) is 5.11 Å². The standard InChI is InChI=1S/C12H18O3/c1-8-3-4-9(2)10(7-8)12(15)11(14)5-6-13/h3-4,7,11-15H,5-6H2,1-2H3. The molecule has 2 atom stereocenters. The minimum atomic E-state index is -0.919. The Hall–Kier alpha value is -0.900. The zero-order valence-corrected chi connectivity index (χ0v) is 9.14. The van der Waals surface area contributed by atoms with Crippen LogP contribution < -0.4 is 0 Å². The van der Waals surface area contributed by atoms with Crippen molar-refractivity contribution in [2.24, 2.45) is 0 Å².